The van der Waals surface area contributed by atoms with Gasteiger partial charge in [-0.1, -0.05) is 24.3 Å². The number of hydrogen-bond acceptors (Lipinski definition) is 4. The van der Waals surface area contributed by atoms with Crippen LogP contribution in [0.5, 0.6) is 0 Å². The third kappa shape index (κ3) is 3.26. The highest BCUT2D eigenvalue weighted by Gasteiger charge is 2.18. The number of H-pyrrole nitrogens is 1. The van der Waals surface area contributed by atoms with E-state index < -0.39 is 6.04 Å². The van der Waals surface area contributed by atoms with Crippen molar-refractivity contribution in [2.75, 3.05) is 11.9 Å². The lowest BCUT2D eigenvalue weighted by atomic mass is 10.0. The number of aromatic nitrogens is 2. The molecule has 0 radical (unpaired) electrons. The Kier molecular flexibility index (Phi) is 4.21. The van der Waals surface area contributed by atoms with Gasteiger partial charge in [0.2, 0.25) is 5.91 Å². The van der Waals surface area contributed by atoms with Gasteiger partial charge in [-0.25, -0.2) is 0 Å². The van der Waals surface area contributed by atoms with E-state index in [-0.39, 0.29) is 5.91 Å². The van der Waals surface area contributed by atoms with E-state index in [9.17, 15) is 4.79 Å². The molecule has 0 saturated heterocycles. The van der Waals surface area contributed by atoms with Crippen LogP contribution >= 0.6 is 0 Å². The zero-order valence-corrected chi connectivity index (χ0v) is 13.8. The van der Waals surface area contributed by atoms with Crippen molar-refractivity contribution in [3.8, 4) is 0 Å². The molecule has 25 heavy (non-hydrogen) atoms. The molecule has 0 spiro atoms. The number of amides is 1. The number of anilines is 1. The molecule has 1 aliphatic heterocycles. The highest BCUT2D eigenvalue weighted by atomic mass is 16.5. The Hall–Kier alpha value is -2.70. The molecule has 1 aromatic heterocycles. The summed E-state index contributed by atoms with van der Waals surface area (Å²) >= 11 is 0. The molecule has 3 aromatic rings. The minimum Gasteiger partial charge on any atom is -0.376 e. The van der Waals surface area contributed by atoms with Crippen LogP contribution < -0.4 is 11.1 Å². The first-order valence-electron chi connectivity index (χ1n) is 8.38. The van der Waals surface area contributed by atoms with Crippen molar-refractivity contribution in [3.05, 3.63) is 59.3 Å². The van der Waals surface area contributed by atoms with Crippen molar-refractivity contribution >= 4 is 22.5 Å². The maximum atomic E-state index is 12.4. The van der Waals surface area contributed by atoms with Crippen LogP contribution in [-0.4, -0.2) is 28.8 Å². The van der Waals surface area contributed by atoms with Gasteiger partial charge in [-0.2, -0.15) is 5.10 Å². The molecule has 1 atom stereocenters. The van der Waals surface area contributed by atoms with Crippen molar-refractivity contribution in [2.24, 2.45) is 5.73 Å². The monoisotopic (exact) mass is 336 g/mol. The SMILES string of the molecule is NC(Cc1[nH]nc2ccccc12)C(=O)Nc1ccc2c(c1)CCOC2. The molecule has 6 heteroatoms. The second kappa shape index (κ2) is 6.66. The van der Waals surface area contributed by atoms with E-state index in [1.54, 1.807) is 0 Å². The van der Waals surface area contributed by atoms with Crippen LogP contribution in [0, 0.1) is 0 Å². The number of rotatable bonds is 4. The van der Waals surface area contributed by atoms with Gasteiger partial charge in [-0.3, -0.25) is 9.89 Å². The summed E-state index contributed by atoms with van der Waals surface area (Å²) in [6, 6.07) is 13.0. The lowest BCUT2D eigenvalue weighted by molar-refractivity contribution is -0.117. The molecule has 1 aliphatic rings. The van der Waals surface area contributed by atoms with Crippen LogP contribution in [0.25, 0.3) is 10.9 Å². The molecule has 0 aliphatic carbocycles. The van der Waals surface area contributed by atoms with Gasteiger partial charge < -0.3 is 15.8 Å². The standard InChI is InChI=1S/C19H20N4O2/c20-16(10-18-15-3-1-2-4-17(15)22-23-18)19(24)21-14-6-5-13-11-25-8-7-12(13)9-14/h1-6,9,16H,7-8,10-11,20H2,(H,21,24)(H,22,23). The minimum atomic E-state index is -0.650. The Labute approximate surface area is 145 Å². The largest absolute Gasteiger partial charge is 0.376 e. The molecular formula is C19H20N4O2. The molecular weight excluding hydrogens is 316 g/mol. The molecule has 4 rings (SSSR count). The fraction of sp³-hybridized carbons (Fsp3) is 0.263. The van der Waals surface area contributed by atoms with Gasteiger partial charge >= 0.3 is 0 Å². The molecule has 128 valence electrons. The molecule has 0 saturated carbocycles. The molecule has 0 fully saturated rings. The predicted octanol–water partition coefficient (Wildman–Crippen LogP) is 2.14. The van der Waals surface area contributed by atoms with Gasteiger partial charge in [-0.15, -0.1) is 0 Å². The lowest BCUT2D eigenvalue weighted by Crippen LogP contribution is -2.37. The number of benzene rings is 2. The smallest absolute Gasteiger partial charge is 0.241 e. The Morgan fingerprint density at radius 1 is 1.28 bits per heavy atom. The Balaban J connectivity index is 1.45. The number of carbonyl (C=O) groups is 1. The molecule has 2 aromatic carbocycles. The predicted molar refractivity (Wildman–Crippen MR) is 96.2 cm³/mol. The summed E-state index contributed by atoms with van der Waals surface area (Å²) in [4.78, 5) is 12.4. The molecule has 1 unspecified atom stereocenters. The van der Waals surface area contributed by atoms with E-state index in [1.165, 1.54) is 11.1 Å². The van der Waals surface area contributed by atoms with Crippen molar-refractivity contribution in [1.82, 2.24) is 10.2 Å². The van der Waals surface area contributed by atoms with Crippen molar-refractivity contribution < 1.29 is 9.53 Å². The van der Waals surface area contributed by atoms with Gasteiger partial charge in [0.1, 0.15) is 0 Å². The van der Waals surface area contributed by atoms with E-state index in [1.807, 2.05) is 42.5 Å². The van der Waals surface area contributed by atoms with E-state index in [2.05, 4.69) is 15.5 Å². The maximum Gasteiger partial charge on any atom is 0.241 e. The van der Waals surface area contributed by atoms with Gasteiger partial charge in [0, 0.05) is 23.2 Å². The van der Waals surface area contributed by atoms with Gasteiger partial charge in [-0.05, 0) is 35.7 Å². The summed E-state index contributed by atoms with van der Waals surface area (Å²) in [6.07, 6.45) is 1.27. The number of nitrogens with zero attached hydrogens (tertiary/aromatic N) is 1. The van der Waals surface area contributed by atoms with Crippen LogP contribution in [0.15, 0.2) is 42.5 Å². The third-order valence-electron chi connectivity index (χ3n) is 4.55. The van der Waals surface area contributed by atoms with Crippen molar-refractivity contribution in [1.29, 1.82) is 0 Å². The van der Waals surface area contributed by atoms with E-state index in [0.29, 0.717) is 13.0 Å². The zero-order valence-electron chi connectivity index (χ0n) is 13.8. The Morgan fingerprint density at radius 2 is 2.16 bits per heavy atom. The van der Waals surface area contributed by atoms with Crippen molar-refractivity contribution in [3.63, 3.8) is 0 Å². The summed E-state index contributed by atoms with van der Waals surface area (Å²) in [7, 11) is 0. The average Bonchev–Trinajstić information content (AvgIpc) is 3.04. The van der Waals surface area contributed by atoms with Gasteiger partial charge in [0.25, 0.3) is 0 Å². The summed E-state index contributed by atoms with van der Waals surface area (Å²) in [6.45, 7) is 1.35. The highest BCUT2D eigenvalue weighted by molar-refractivity contribution is 5.95. The third-order valence-corrected chi connectivity index (χ3v) is 4.55. The maximum absolute atomic E-state index is 12.4. The van der Waals surface area contributed by atoms with Crippen LogP contribution in [0.1, 0.15) is 16.8 Å². The first kappa shape index (κ1) is 15.8. The molecule has 0 bridgehead atoms. The topological polar surface area (TPSA) is 93.0 Å². The first-order chi connectivity index (χ1) is 12.2. The fourth-order valence-electron chi connectivity index (χ4n) is 3.16. The molecule has 2 heterocycles. The summed E-state index contributed by atoms with van der Waals surface area (Å²) in [5.74, 6) is -0.203. The normalized spacial score (nSPS) is 14.9. The second-order valence-electron chi connectivity index (χ2n) is 6.31. The van der Waals surface area contributed by atoms with Crippen LogP contribution in [0.3, 0.4) is 0 Å². The fourth-order valence-corrected chi connectivity index (χ4v) is 3.16. The van der Waals surface area contributed by atoms with Gasteiger partial charge in [0.15, 0.2) is 0 Å². The number of fused-ring (bicyclic) bond motifs is 2. The first-order valence-corrected chi connectivity index (χ1v) is 8.38. The Morgan fingerprint density at radius 3 is 3.08 bits per heavy atom. The summed E-state index contributed by atoms with van der Waals surface area (Å²) < 4.78 is 5.43. The number of ether oxygens (including phenoxy) is 1. The van der Waals surface area contributed by atoms with Crippen molar-refractivity contribution in [2.45, 2.75) is 25.5 Å². The van der Waals surface area contributed by atoms with Gasteiger partial charge in [0.05, 0.1) is 24.8 Å². The number of nitrogens with two attached hydrogens (primary N) is 1. The number of nitrogens with one attached hydrogen (secondary N) is 2. The van der Waals surface area contributed by atoms with E-state index in [0.717, 1.165) is 35.3 Å². The van der Waals surface area contributed by atoms with Crippen LogP contribution in [0.4, 0.5) is 5.69 Å². The molecule has 4 N–H and O–H groups in total. The number of para-hydroxylation sites is 1. The quantitative estimate of drug-likeness (QED) is 0.680. The summed E-state index contributed by atoms with van der Waals surface area (Å²) in [5, 5.41) is 11.1. The molecule has 1 amide bonds. The summed E-state index contributed by atoms with van der Waals surface area (Å²) in [5.41, 5.74) is 11.0. The second-order valence-corrected chi connectivity index (χ2v) is 6.31. The van der Waals surface area contributed by atoms with Crippen LogP contribution in [0.2, 0.25) is 0 Å². The van der Waals surface area contributed by atoms with E-state index >= 15 is 0 Å². The van der Waals surface area contributed by atoms with E-state index in [4.69, 9.17) is 10.5 Å². The zero-order chi connectivity index (χ0) is 17.2. The lowest BCUT2D eigenvalue weighted by Gasteiger charge is -2.18. The highest BCUT2D eigenvalue weighted by Crippen LogP contribution is 2.21. The average molecular weight is 336 g/mol. The number of hydrogen-bond donors (Lipinski definition) is 3. The number of carbonyl (C=O) groups excluding carboxylic acids is 1. The molecule has 6 nitrogen and oxygen atoms in total. The minimum absolute atomic E-state index is 0.203. The Bertz CT molecular complexity index is 919. The number of aromatic amines is 1. The van der Waals surface area contributed by atoms with Crippen LogP contribution in [-0.2, 0) is 29.0 Å².